The van der Waals surface area contributed by atoms with Crippen LogP contribution in [0.2, 0.25) is 0 Å². The van der Waals surface area contributed by atoms with Crippen LogP contribution < -0.4 is 19.5 Å². The number of para-hydroxylation sites is 1. The Labute approximate surface area is 152 Å². The zero-order valence-electron chi connectivity index (χ0n) is 15.0. The molecule has 2 aromatic carbocycles. The van der Waals surface area contributed by atoms with Gasteiger partial charge in [0.2, 0.25) is 11.7 Å². The summed E-state index contributed by atoms with van der Waals surface area (Å²) >= 11 is 0. The number of benzene rings is 2. The highest BCUT2D eigenvalue weighted by atomic mass is 32.2. The third-order valence-corrected chi connectivity index (χ3v) is 4.80. The average Bonchev–Trinajstić information content (AvgIpc) is 2.60. The van der Waals surface area contributed by atoms with Gasteiger partial charge in [-0.25, -0.2) is 8.42 Å². The van der Waals surface area contributed by atoms with Gasteiger partial charge in [0.25, 0.3) is 0 Å². The van der Waals surface area contributed by atoms with Crippen molar-refractivity contribution in [2.45, 2.75) is 11.3 Å². The second-order valence-electron chi connectivity index (χ2n) is 5.53. The molecule has 0 saturated carbocycles. The number of hydrogen-bond donors (Lipinski definition) is 1. The second kappa shape index (κ2) is 8.09. The van der Waals surface area contributed by atoms with Crippen molar-refractivity contribution < 1.29 is 27.4 Å². The smallest absolute Gasteiger partial charge is 0.228 e. The van der Waals surface area contributed by atoms with Crippen molar-refractivity contribution >= 4 is 21.4 Å². The van der Waals surface area contributed by atoms with Crippen LogP contribution in [0.1, 0.15) is 5.56 Å². The van der Waals surface area contributed by atoms with Gasteiger partial charge in [0.1, 0.15) is 0 Å². The Hall–Kier alpha value is -2.74. The van der Waals surface area contributed by atoms with E-state index in [4.69, 9.17) is 14.2 Å². The molecule has 0 bridgehead atoms. The standard InChI is InChI=1S/C18H21NO6S/c1-23-14-9-12(10-15(24-2)18(14)25-3)11-17(20)19-13-7-5-6-8-16(13)26(4,21)22/h5-10H,11H2,1-4H3,(H,19,20). The number of nitrogens with one attached hydrogen (secondary N) is 1. The van der Waals surface area contributed by atoms with Gasteiger partial charge in [-0.05, 0) is 29.8 Å². The molecule has 0 saturated heterocycles. The van der Waals surface area contributed by atoms with E-state index in [1.807, 2.05) is 0 Å². The van der Waals surface area contributed by atoms with Crippen LogP contribution in [0.25, 0.3) is 0 Å². The van der Waals surface area contributed by atoms with Crippen molar-refractivity contribution in [1.29, 1.82) is 0 Å². The van der Waals surface area contributed by atoms with E-state index in [2.05, 4.69) is 5.32 Å². The SMILES string of the molecule is COc1cc(CC(=O)Nc2ccccc2S(C)(=O)=O)cc(OC)c1OC. The van der Waals surface area contributed by atoms with Gasteiger partial charge in [-0.3, -0.25) is 4.79 Å². The van der Waals surface area contributed by atoms with Gasteiger partial charge in [-0.1, -0.05) is 12.1 Å². The predicted molar refractivity (Wildman–Crippen MR) is 98.0 cm³/mol. The highest BCUT2D eigenvalue weighted by molar-refractivity contribution is 7.90. The molecule has 0 heterocycles. The fraction of sp³-hybridized carbons (Fsp3) is 0.278. The largest absolute Gasteiger partial charge is 0.493 e. The average molecular weight is 379 g/mol. The van der Waals surface area contributed by atoms with Crippen LogP contribution in [0.15, 0.2) is 41.3 Å². The monoisotopic (exact) mass is 379 g/mol. The molecule has 1 N–H and O–H groups in total. The molecule has 0 atom stereocenters. The zero-order valence-corrected chi connectivity index (χ0v) is 15.8. The topological polar surface area (TPSA) is 90.9 Å². The van der Waals surface area contributed by atoms with E-state index < -0.39 is 9.84 Å². The Balaban J connectivity index is 2.27. The van der Waals surface area contributed by atoms with E-state index in [0.717, 1.165) is 6.26 Å². The van der Waals surface area contributed by atoms with Crippen LogP contribution in [0.5, 0.6) is 17.2 Å². The molecule has 0 aliphatic carbocycles. The first-order valence-electron chi connectivity index (χ1n) is 7.68. The number of sulfone groups is 1. The molecule has 2 rings (SSSR count). The summed E-state index contributed by atoms with van der Waals surface area (Å²) in [5, 5.41) is 2.64. The van der Waals surface area contributed by atoms with Crippen LogP contribution in [0.3, 0.4) is 0 Å². The van der Waals surface area contributed by atoms with Crippen molar-refractivity contribution in [2.24, 2.45) is 0 Å². The molecule has 0 aliphatic rings. The first-order chi connectivity index (χ1) is 12.3. The van der Waals surface area contributed by atoms with Gasteiger partial charge in [0.15, 0.2) is 21.3 Å². The molecule has 1 amide bonds. The van der Waals surface area contributed by atoms with Crippen molar-refractivity contribution in [1.82, 2.24) is 0 Å². The Kier molecular flexibility index (Phi) is 6.10. The lowest BCUT2D eigenvalue weighted by molar-refractivity contribution is -0.115. The molecule has 0 fully saturated rings. The second-order valence-corrected chi connectivity index (χ2v) is 7.51. The van der Waals surface area contributed by atoms with Crippen LogP contribution in [-0.2, 0) is 21.1 Å². The van der Waals surface area contributed by atoms with E-state index in [0.29, 0.717) is 22.8 Å². The first-order valence-corrected chi connectivity index (χ1v) is 9.57. The Morgan fingerprint density at radius 1 is 1.00 bits per heavy atom. The minimum Gasteiger partial charge on any atom is -0.493 e. The van der Waals surface area contributed by atoms with E-state index in [1.54, 1.807) is 30.3 Å². The van der Waals surface area contributed by atoms with Crippen LogP contribution in [0.4, 0.5) is 5.69 Å². The van der Waals surface area contributed by atoms with E-state index in [9.17, 15) is 13.2 Å². The number of hydrogen-bond acceptors (Lipinski definition) is 6. The number of methoxy groups -OCH3 is 3. The summed E-state index contributed by atoms with van der Waals surface area (Å²) in [6.07, 6.45) is 1.10. The lowest BCUT2D eigenvalue weighted by Crippen LogP contribution is -2.16. The lowest BCUT2D eigenvalue weighted by atomic mass is 10.1. The van der Waals surface area contributed by atoms with Crippen molar-refractivity contribution in [2.75, 3.05) is 32.9 Å². The molecule has 8 heteroatoms. The molecule has 0 spiro atoms. The molecule has 0 unspecified atom stereocenters. The molecule has 7 nitrogen and oxygen atoms in total. The van der Waals surface area contributed by atoms with Crippen molar-refractivity contribution in [3.63, 3.8) is 0 Å². The number of amides is 1. The summed E-state index contributed by atoms with van der Waals surface area (Å²) in [4.78, 5) is 12.5. The van der Waals surface area contributed by atoms with Crippen LogP contribution in [0, 0.1) is 0 Å². The normalized spacial score (nSPS) is 10.9. The molecular formula is C18H21NO6S. The van der Waals surface area contributed by atoms with Gasteiger partial charge in [-0.15, -0.1) is 0 Å². The first kappa shape index (κ1) is 19.6. The Morgan fingerprint density at radius 3 is 2.08 bits per heavy atom. The molecule has 2 aromatic rings. The fourth-order valence-corrected chi connectivity index (χ4v) is 3.35. The van der Waals surface area contributed by atoms with E-state index in [1.165, 1.54) is 27.4 Å². The Bertz CT molecular complexity index is 883. The highest BCUT2D eigenvalue weighted by Gasteiger charge is 2.17. The van der Waals surface area contributed by atoms with Gasteiger partial charge in [0.05, 0.1) is 38.3 Å². The summed E-state index contributed by atoms with van der Waals surface area (Å²) in [6.45, 7) is 0. The number of carbonyl (C=O) groups is 1. The van der Waals surface area contributed by atoms with Gasteiger partial charge >= 0.3 is 0 Å². The third-order valence-electron chi connectivity index (χ3n) is 3.65. The van der Waals surface area contributed by atoms with Crippen LogP contribution in [-0.4, -0.2) is 41.9 Å². The van der Waals surface area contributed by atoms with Crippen molar-refractivity contribution in [3.8, 4) is 17.2 Å². The minimum atomic E-state index is -3.45. The van der Waals surface area contributed by atoms with Gasteiger partial charge < -0.3 is 19.5 Å². The number of rotatable bonds is 7. The van der Waals surface area contributed by atoms with Crippen molar-refractivity contribution in [3.05, 3.63) is 42.0 Å². The summed E-state index contributed by atoms with van der Waals surface area (Å²) < 4.78 is 39.4. The number of anilines is 1. The maximum atomic E-state index is 12.4. The number of ether oxygens (including phenoxy) is 3. The van der Waals surface area contributed by atoms with Gasteiger partial charge in [-0.2, -0.15) is 0 Å². The lowest BCUT2D eigenvalue weighted by Gasteiger charge is -2.14. The van der Waals surface area contributed by atoms with Gasteiger partial charge in [0, 0.05) is 6.26 Å². The zero-order chi connectivity index (χ0) is 19.3. The summed E-state index contributed by atoms with van der Waals surface area (Å²) in [5.74, 6) is 0.939. The Morgan fingerprint density at radius 2 is 1.58 bits per heavy atom. The highest BCUT2D eigenvalue weighted by Crippen LogP contribution is 2.38. The maximum absolute atomic E-state index is 12.4. The third kappa shape index (κ3) is 4.45. The summed E-state index contributed by atoms with van der Waals surface area (Å²) in [7, 11) is 1.02. The predicted octanol–water partition coefficient (Wildman–Crippen LogP) is 2.30. The number of carbonyl (C=O) groups excluding carboxylic acids is 1. The molecular weight excluding hydrogens is 358 g/mol. The maximum Gasteiger partial charge on any atom is 0.228 e. The molecule has 140 valence electrons. The van der Waals surface area contributed by atoms with Crippen LogP contribution >= 0.6 is 0 Å². The summed E-state index contributed by atoms with van der Waals surface area (Å²) in [5.41, 5.74) is 0.876. The van der Waals surface area contributed by atoms with E-state index >= 15 is 0 Å². The quantitative estimate of drug-likeness (QED) is 0.794. The minimum absolute atomic E-state index is 0.00874. The molecule has 26 heavy (non-hydrogen) atoms. The molecule has 0 radical (unpaired) electrons. The fourth-order valence-electron chi connectivity index (χ4n) is 2.51. The summed E-state index contributed by atoms with van der Waals surface area (Å²) in [6, 6.07) is 9.59. The molecule has 0 aromatic heterocycles. The molecule has 0 aliphatic heterocycles. The van der Waals surface area contributed by atoms with E-state index in [-0.39, 0.29) is 22.9 Å².